The fourth-order valence-electron chi connectivity index (χ4n) is 14.7. The van der Waals surface area contributed by atoms with Gasteiger partial charge in [-0.2, -0.15) is 0 Å². The smallest absolute Gasteiger partial charge is 0.497 e. The average Bonchev–Trinajstić information content (AvgIpc) is 1.65. The largest absolute Gasteiger partial charge is 0.573 e. The number of imidazole rings is 7. The van der Waals surface area contributed by atoms with Crippen LogP contribution in [0.15, 0.2) is 244 Å². The number of hydrogen-bond donors (Lipinski definition) is 0. The molecule has 0 saturated heterocycles. The molecule has 0 unspecified atom stereocenters. The zero-order valence-corrected chi connectivity index (χ0v) is 83.3. The van der Waals surface area contributed by atoms with E-state index in [-0.39, 0.29) is 28.8 Å². The minimum atomic E-state index is -4.74. The van der Waals surface area contributed by atoms with E-state index in [9.17, 15) is 42.2 Å². The van der Waals surface area contributed by atoms with E-state index >= 15 is 0 Å². The van der Waals surface area contributed by atoms with Crippen molar-refractivity contribution in [2.45, 2.75) is 6.36 Å². The predicted octanol–water partition coefficient (Wildman–Crippen LogP) is 24.1. The summed E-state index contributed by atoms with van der Waals surface area (Å²) in [4.78, 5) is 56.6. The van der Waals surface area contributed by atoms with Crippen LogP contribution in [0.25, 0.3) is 192 Å². The van der Waals surface area contributed by atoms with Crippen molar-refractivity contribution < 1.29 is 105 Å². The lowest BCUT2D eigenvalue weighted by molar-refractivity contribution is -0.384. The summed E-state index contributed by atoms with van der Waals surface area (Å²) in [5.74, 6) is 3.94. The molecule has 0 saturated carbocycles. The molecule has 28 rings (SSSR count). The van der Waals surface area contributed by atoms with Crippen LogP contribution in [-0.2, 0) is 0 Å². The Labute approximate surface area is 856 Å². The Bertz CT molecular complexity index is 9150. The molecule has 0 N–H and O–H groups in total. The molecule has 0 amide bonds. The molecule has 0 aliphatic rings. The van der Waals surface area contributed by atoms with Crippen LogP contribution in [0.1, 0.15) is 0 Å². The Hall–Kier alpha value is -18.0. The predicted molar refractivity (Wildman–Crippen MR) is 540 cm³/mol. The Kier molecular flexibility index (Phi) is 25.4. The minimum absolute atomic E-state index is 0.00868. The van der Waals surface area contributed by atoms with Gasteiger partial charge in [0.15, 0.2) is 40.3 Å². The zero-order chi connectivity index (χ0) is 103. The normalized spacial score (nSPS) is 11.5. The number of non-ortho nitro benzene ring substituents is 2. The second-order valence-electron chi connectivity index (χ2n) is 30.9. The van der Waals surface area contributed by atoms with Gasteiger partial charge in [-0.3, -0.25) is 20.2 Å². The molecule has 0 bridgehead atoms. The van der Waals surface area contributed by atoms with Crippen LogP contribution in [0.4, 0.5) is 33.3 Å². The van der Waals surface area contributed by atoms with Crippen molar-refractivity contribution in [1.82, 2.24) is 102 Å². The molecule has 43 nitrogen and oxygen atoms in total. The van der Waals surface area contributed by atoms with Gasteiger partial charge in [-0.15, -0.1) is 48.9 Å². The molecule has 0 fully saturated rings. The van der Waals surface area contributed by atoms with Crippen molar-refractivity contribution in [2.24, 2.45) is 0 Å². The van der Waals surface area contributed by atoms with E-state index in [1.54, 1.807) is 167 Å². The van der Waals surface area contributed by atoms with E-state index in [2.05, 4.69) is 75.3 Å². The van der Waals surface area contributed by atoms with Gasteiger partial charge in [0.05, 0.1) is 116 Å². The van der Waals surface area contributed by atoms with Crippen LogP contribution in [0.3, 0.4) is 0 Å². The fourth-order valence-corrected chi connectivity index (χ4v) is 19.8. The maximum Gasteiger partial charge on any atom is 0.573 e. The second-order valence-corrected chi connectivity index (χ2v) is 37.8. The van der Waals surface area contributed by atoms with Gasteiger partial charge in [0.25, 0.3) is 47.7 Å². The number of rotatable bonds is 18. The van der Waals surface area contributed by atoms with E-state index in [4.69, 9.17) is 80.4 Å². The summed E-state index contributed by atoms with van der Waals surface area (Å²) in [5, 5.41) is 60.9. The van der Waals surface area contributed by atoms with Crippen LogP contribution < -0.4 is 42.6 Å². The van der Waals surface area contributed by atoms with Crippen LogP contribution >= 0.6 is 91.0 Å². The van der Waals surface area contributed by atoms with Crippen LogP contribution in [0.2, 0.25) is 5.02 Å². The Balaban J connectivity index is 0.0000000985. The molecule has 0 aliphatic carbocycles. The summed E-state index contributed by atoms with van der Waals surface area (Å²) in [7, 11) is 12.5. The topological polar surface area (TPSA) is 473 Å². The summed E-state index contributed by atoms with van der Waals surface area (Å²) in [6, 6.07) is 45.5. The van der Waals surface area contributed by atoms with Gasteiger partial charge in [0.2, 0.25) is 34.7 Å². The fraction of sp³-hybridized carbons (Fsp3) is 0.0968. The Morgan fingerprint density at radius 3 is 0.852 bits per heavy atom. The van der Waals surface area contributed by atoms with Gasteiger partial charge >= 0.3 is 6.36 Å². The highest BCUT2D eigenvalue weighted by Crippen LogP contribution is 2.42. The molecule has 0 atom stereocenters. The van der Waals surface area contributed by atoms with Crippen LogP contribution in [0, 0.1) is 31.9 Å². The van der Waals surface area contributed by atoms with Gasteiger partial charge < -0.3 is 73.6 Å². The first-order chi connectivity index (χ1) is 72.1. The third kappa shape index (κ3) is 20.0. The monoisotopic (exact) mass is 2170 g/mol. The molecular formula is C93H59ClF5N23O20S7. The standard InChI is InChI=1S/C14H8F3N3O3S.C14H11N3O3S.C13H8ClN3O2S.2C13H8FN3O2S.2C13H8N4O4S/c1-21-13-19-20-6-9(18-12(20)24-13)11-5-7-4-8(23-14(15,16)17)2-3-10(7)22-11;1-18-9-3-4-11-8(5-9)6-12(20-11)10-7-17-13(15-10)21-14(16-17)19-2;1-18-13-16-17-6-9(15-12(17)20-13)11-4-7-2-3-8(14)5-10(7)19-11;1-18-13-16-17-6-9(15-12(17)20-13)11-5-7-4-8(14)2-3-10(7)19-11;1-18-13-16-17-6-9(15-12(17)20-13)11-4-7-2-3-8(14)5-10(7)19-11;1-20-13-15-16-6-9(14-12(16)22-13)11-5-7-4-8(17(18)19)2-3-10(7)21-11;1-20-13-15-16-6-9(14-12(16)22-13)11-4-7-2-3-8(17(18)19)5-10(7)21-11/h2-6H,1H3;3-7H,1-2H3;3*2-6H,1H3;2*2-6H,1H3. The number of aromatic nitrogens is 21. The molecule has 0 spiro atoms. The number of nitro benzene ring substituents is 2. The van der Waals surface area contributed by atoms with Gasteiger partial charge in [-0.25, -0.2) is 75.3 Å². The SMILES string of the molecule is COc1ccc2oc(-c3cn4nc(OC)sc4n3)cc2c1.COc1nn2cc(-c3cc4cc(F)ccc4o3)nc2s1.COc1nn2cc(-c3cc4cc(OC(F)(F)F)ccc4o3)nc2s1.COc1nn2cc(-c3cc4cc([N+](=O)[O-])ccc4o3)nc2s1.COc1nn2cc(-c3cc4ccc(Cl)cc4o3)nc2s1.COc1nn2cc(-c3cc4ccc(F)cc4o3)nc2s1.COc1nn2cc(-c3cc4ccc([N+](=O)[O-])cc4o3)nc2s1. The number of benzene rings is 7. The van der Waals surface area contributed by atoms with Crippen molar-refractivity contribution >= 4 is 214 Å². The van der Waals surface area contributed by atoms with E-state index in [1.807, 2.05) is 60.9 Å². The first-order valence-electron chi connectivity index (χ1n) is 42.8. The molecule has 7 aromatic carbocycles. The molecule has 56 heteroatoms. The molecule has 0 radical (unpaired) electrons. The third-order valence-corrected chi connectivity index (χ3v) is 27.9. The summed E-state index contributed by atoms with van der Waals surface area (Å²) in [6.07, 6.45) is 7.50. The molecule has 21 aromatic heterocycles. The first kappa shape index (κ1) is 95.8. The second kappa shape index (κ2) is 39.5. The zero-order valence-electron chi connectivity index (χ0n) is 76.8. The molecule has 149 heavy (non-hydrogen) atoms. The highest BCUT2D eigenvalue weighted by Gasteiger charge is 2.32. The molecule has 21 heterocycles. The maximum atomic E-state index is 13.2. The number of furan rings is 7. The Morgan fingerprint density at radius 1 is 0.282 bits per heavy atom. The quantitative estimate of drug-likeness (QED) is 0.0437. The van der Waals surface area contributed by atoms with E-state index in [0.29, 0.717) is 179 Å². The lowest BCUT2D eigenvalue weighted by Gasteiger charge is -2.07. The van der Waals surface area contributed by atoms with Gasteiger partial charge in [0.1, 0.15) is 102 Å². The van der Waals surface area contributed by atoms with Gasteiger partial charge in [-0.1, -0.05) is 11.6 Å². The van der Waals surface area contributed by atoms with Gasteiger partial charge in [-0.05, 0) is 213 Å². The van der Waals surface area contributed by atoms with Crippen molar-refractivity contribution in [2.75, 3.05) is 56.9 Å². The number of halogens is 6. The number of methoxy groups -OCH3 is 8. The van der Waals surface area contributed by atoms with Crippen molar-refractivity contribution in [3.63, 3.8) is 0 Å². The lowest BCUT2D eigenvalue weighted by atomic mass is 10.2. The van der Waals surface area contributed by atoms with Gasteiger partial charge in [0, 0.05) is 73.1 Å². The highest BCUT2D eigenvalue weighted by molar-refractivity contribution is 7.20. The van der Waals surface area contributed by atoms with Crippen molar-refractivity contribution in [3.05, 3.63) is 250 Å². The molecule has 750 valence electrons. The van der Waals surface area contributed by atoms with E-state index < -0.39 is 16.2 Å². The number of fused-ring (bicyclic) bond motifs is 14. The molecular weight excluding hydrogens is 2110 g/mol. The van der Waals surface area contributed by atoms with Crippen LogP contribution in [0.5, 0.6) is 47.9 Å². The van der Waals surface area contributed by atoms with E-state index in [0.717, 1.165) is 59.8 Å². The summed E-state index contributed by atoms with van der Waals surface area (Å²) in [6.45, 7) is 0. The maximum absolute atomic E-state index is 13.2. The number of ether oxygens (including phenoxy) is 9. The lowest BCUT2D eigenvalue weighted by Crippen LogP contribution is -2.16. The minimum Gasteiger partial charge on any atom is -0.497 e. The molecule has 28 aromatic rings. The summed E-state index contributed by atoms with van der Waals surface area (Å²) >= 11 is 15.3. The first-order valence-corrected chi connectivity index (χ1v) is 48.9. The number of nitro groups is 2. The number of nitrogens with zero attached hydrogens (tertiary/aromatic N) is 23. The van der Waals surface area contributed by atoms with Crippen molar-refractivity contribution in [1.29, 1.82) is 0 Å². The highest BCUT2D eigenvalue weighted by atomic mass is 35.5. The number of hydrogen-bond acceptors (Lipinski definition) is 41. The Morgan fingerprint density at radius 2 is 0.530 bits per heavy atom. The third-order valence-electron chi connectivity index (χ3n) is 21.5. The molecule has 0 aliphatic heterocycles. The summed E-state index contributed by atoms with van der Waals surface area (Å²) < 4.78 is 159. The number of alkyl halides is 3. The van der Waals surface area contributed by atoms with Crippen LogP contribution in [-0.4, -0.2) is 175 Å². The van der Waals surface area contributed by atoms with E-state index in [1.165, 1.54) is 153 Å². The summed E-state index contributed by atoms with van der Waals surface area (Å²) in [5.41, 5.74) is 8.67. The average molecular weight is 2170 g/mol. The van der Waals surface area contributed by atoms with Crippen molar-refractivity contribution in [3.8, 4) is 128 Å².